The Morgan fingerprint density at radius 2 is 1.61 bits per heavy atom. The van der Waals surface area contributed by atoms with Gasteiger partial charge in [-0.05, 0) is 56.0 Å². The first kappa shape index (κ1) is 27.9. The number of hydrogen-bond acceptors (Lipinski definition) is 7. The van der Waals surface area contributed by atoms with Crippen molar-refractivity contribution in [1.29, 1.82) is 0 Å². The molecule has 1 aliphatic rings. The Hall–Kier alpha value is -4.66. The SMILES string of the molecule is Cn1c(NCC(Cc2ccccc2)NC(=O)OC(C)(C)C)nc(-c2ccncc2)c(N2Cc3ccccc3C2)c1=O. The zero-order chi connectivity index (χ0) is 29.0. The minimum Gasteiger partial charge on any atom is -0.444 e. The lowest BCUT2D eigenvalue weighted by molar-refractivity contribution is 0.0507. The Morgan fingerprint density at radius 1 is 0.976 bits per heavy atom. The summed E-state index contributed by atoms with van der Waals surface area (Å²) in [5.41, 5.74) is 4.65. The van der Waals surface area contributed by atoms with Gasteiger partial charge in [0.05, 0.1) is 6.04 Å². The fraction of sp³-hybridized carbons (Fsp3) is 0.312. The summed E-state index contributed by atoms with van der Waals surface area (Å²) in [5.74, 6) is 0.409. The number of carbonyl (C=O) groups excluding carboxylic acids is 1. The summed E-state index contributed by atoms with van der Waals surface area (Å²) in [6.45, 7) is 7.10. The summed E-state index contributed by atoms with van der Waals surface area (Å²) >= 11 is 0. The molecular weight excluding hydrogens is 516 g/mol. The van der Waals surface area contributed by atoms with Gasteiger partial charge in [-0.3, -0.25) is 14.3 Å². The van der Waals surface area contributed by atoms with Gasteiger partial charge in [-0.25, -0.2) is 9.78 Å². The molecule has 0 fully saturated rings. The van der Waals surface area contributed by atoms with Crippen molar-refractivity contribution < 1.29 is 9.53 Å². The largest absolute Gasteiger partial charge is 0.444 e. The van der Waals surface area contributed by atoms with E-state index in [4.69, 9.17) is 9.72 Å². The van der Waals surface area contributed by atoms with Crippen LogP contribution in [0.15, 0.2) is 83.9 Å². The van der Waals surface area contributed by atoms with Crippen molar-refractivity contribution in [2.24, 2.45) is 7.05 Å². The minimum atomic E-state index is -0.620. The first-order valence-corrected chi connectivity index (χ1v) is 13.8. The summed E-state index contributed by atoms with van der Waals surface area (Å²) in [6.07, 6.45) is 3.47. The van der Waals surface area contributed by atoms with Crippen LogP contribution in [0.1, 0.15) is 37.5 Å². The summed E-state index contributed by atoms with van der Waals surface area (Å²) in [7, 11) is 1.72. The number of alkyl carbamates (subject to hydrolysis) is 1. The van der Waals surface area contributed by atoms with Crippen LogP contribution in [-0.4, -0.2) is 38.8 Å². The Morgan fingerprint density at radius 3 is 2.24 bits per heavy atom. The van der Waals surface area contributed by atoms with Crippen molar-refractivity contribution in [2.45, 2.75) is 51.9 Å². The molecule has 0 saturated heterocycles. The quantitative estimate of drug-likeness (QED) is 0.320. The molecule has 3 heterocycles. The second-order valence-corrected chi connectivity index (χ2v) is 11.3. The number of ether oxygens (including phenoxy) is 1. The maximum Gasteiger partial charge on any atom is 0.407 e. The number of anilines is 2. The highest BCUT2D eigenvalue weighted by atomic mass is 16.6. The standard InChI is InChI=1S/C32H36N6O3/c1-32(2,3)41-31(40)35-26(18-22-10-6-5-7-11-22)19-34-30-36-27(23-14-16-33-17-15-23)28(29(39)37(30)4)38-20-24-12-8-9-13-25(24)21-38/h5-17,26H,18-21H2,1-4H3,(H,34,36)(H,35,40). The molecule has 4 aromatic rings. The number of nitrogens with one attached hydrogen (secondary N) is 2. The monoisotopic (exact) mass is 552 g/mol. The first-order valence-electron chi connectivity index (χ1n) is 13.8. The van der Waals surface area contributed by atoms with Gasteiger partial charge in [-0.2, -0.15) is 0 Å². The molecule has 1 unspecified atom stereocenters. The lowest BCUT2D eigenvalue weighted by Crippen LogP contribution is -2.44. The molecular formula is C32H36N6O3. The highest BCUT2D eigenvalue weighted by molar-refractivity contribution is 5.76. The third kappa shape index (κ3) is 6.74. The average molecular weight is 553 g/mol. The number of nitrogens with zero attached hydrogens (tertiary/aromatic N) is 4. The smallest absolute Gasteiger partial charge is 0.407 e. The molecule has 2 N–H and O–H groups in total. The van der Waals surface area contributed by atoms with Crippen LogP contribution in [0, 0.1) is 0 Å². The lowest BCUT2D eigenvalue weighted by Gasteiger charge is -2.25. The zero-order valence-electron chi connectivity index (χ0n) is 23.9. The number of benzene rings is 2. The minimum absolute atomic E-state index is 0.151. The number of amides is 1. The van der Waals surface area contributed by atoms with Crippen LogP contribution in [0.3, 0.4) is 0 Å². The number of pyridine rings is 1. The van der Waals surface area contributed by atoms with Gasteiger partial charge in [0.1, 0.15) is 17.0 Å². The Balaban J connectivity index is 1.45. The van der Waals surface area contributed by atoms with Crippen LogP contribution < -0.4 is 21.1 Å². The zero-order valence-corrected chi connectivity index (χ0v) is 23.9. The van der Waals surface area contributed by atoms with Crippen LogP contribution in [-0.2, 0) is 31.3 Å². The van der Waals surface area contributed by atoms with E-state index in [1.165, 1.54) is 15.7 Å². The summed E-state index contributed by atoms with van der Waals surface area (Å²) in [4.78, 5) is 37.8. The summed E-state index contributed by atoms with van der Waals surface area (Å²) < 4.78 is 7.05. The molecule has 0 bridgehead atoms. The fourth-order valence-corrected chi connectivity index (χ4v) is 5.00. The molecule has 5 rings (SSSR count). The van der Waals surface area contributed by atoms with Crippen LogP contribution in [0.4, 0.5) is 16.4 Å². The van der Waals surface area contributed by atoms with Crippen LogP contribution >= 0.6 is 0 Å². The molecule has 9 nitrogen and oxygen atoms in total. The molecule has 0 radical (unpaired) electrons. The van der Waals surface area contributed by atoms with Crippen molar-refractivity contribution in [3.8, 4) is 11.3 Å². The maximum atomic E-state index is 13.9. The van der Waals surface area contributed by atoms with Crippen molar-refractivity contribution in [3.63, 3.8) is 0 Å². The predicted octanol–water partition coefficient (Wildman–Crippen LogP) is 4.91. The van der Waals surface area contributed by atoms with Gasteiger partial charge in [0.2, 0.25) is 5.95 Å². The molecule has 1 amide bonds. The molecule has 1 aliphatic heterocycles. The molecule has 1 atom stereocenters. The lowest BCUT2D eigenvalue weighted by atomic mass is 10.1. The molecule has 0 aliphatic carbocycles. The van der Waals surface area contributed by atoms with E-state index < -0.39 is 11.7 Å². The number of carbonyl (C=O) groups is 1. The first-order chi connectivity index (χ1) is 19.7. The third-order valence-corrected chi connectivity index (χ3v) is 6.93. The highest BCUT2D eigenvalue weighted by Gasteiger charge is 2.27. The second-order valence-electron chi connectivity index (χ2n) is 11.3. The highest BCUT2D eigenvalue weighted by Crippen LogP contribution is 2.33. The van der Waals surface area contributed by atoms with E-state index in [1.807, 2.05) is 75.4 Å². The molecule has 2 aromatic heterocycles. The molecule has 2 aromatic carbocycles. The van der Waals surface area contributed by atoms with Crippen LogP contribution in [0.25, 0.3) is 11.3 Å². The van der Waals surface area contributed by atoms with Gasteiger partial charge < -0.3 is 20.3 Å². The topological polar surface area (TPSA) is 101 Å². The van der Waals surface area contributed by atoms with Gasteiger partial charge in [0, 0.05) is 44.6 Å². The van der Waals surface area contributed by atoms with Crippen LogP contribution in [0.5, 0.6) is 0 Å². The maximum absolute atomic E-state index is 13.9. The molecule has 41 heavy (non-hydrogen) atoms. The van der Waals surface area contributed by atoms with Gasteiger partial charge in [0.25, 0.3) is 5.56 Å². The number of fused-ring (bicyclic) bond motifs is 1. The summed E-state index contributed by atoms with van der Waals surface area (Å²) in [6, 6.07) is 21.6. The molecule has 0 spiro atoms. The second kappa shape index (κ2) is 11.8. The third-order valence-electron chi connectivity index (χ3n) is 6.93. The Bertz CT molecular complexity index is 1540. The summed E-state index contributed by atoms with van der Waals surface area (Å²) in [5, 5.41) is 6.32. The van der Waals surface area contributed by atoms with Gasteiger partial charge >= 0.3 is 6.09 Å². The molecule has 212 valence electrons. The van der Waals surface area contributed by atoms with E-state index in [2.05, 4.69) is 32.7 Å². The fourth-order valence-electron chi connectivity index (χ4n) is 5.00. The van der Waals surface area contributed by atoms with Gasteiger partial charge in [-0.15, -0.1) is 0 Å². The number of aromatic nitrogens is 3. The van der Waals surface area contributed by atoms with Crippen molar-refractivity contribution in [2.75, 3.05) is 16.8 Å². The molecule has 9 heteroatoms. The van der Waals surface area contributed by atoms with Crippen molar-refractivity contribution in [3.05, 3.63) is 106 Å². The van der Waals surface area contributed by atoms with E-state index in [0.29, 0.717) is 43.4 Å². The van der Waals surface area contributed by atoms with E-state index in [9.17, 15) is 9.59 Å². The van der Waals surface area contributed by atoms with Crippen LogP contribution in [0.2, 0.25) is 0 Å². The number of rotatable bonds is 8. The average Bonchev–Trinajstić information content (AvgIpc) is 3.37. The van der Waals surface area contributed by atoms with Gasteiger partial charge in [-0.1, -0.05) is 54.6 Å². The van der Waals surface area contributed by atoms with Crippen molar-refractivity contribution >= 4 is 17.7 Å². The van der Waals surface area contributed by atoms with E-state index in [-0.39, 0.29) is 11.6 Å². The van der Waals surface area contributed by atoms with E-state index in [0.717, 1.165) is 11.1 Å². The normalized spacial score (nSPS) is 13.4. The predicted molar refractivity (Wildman–Crippen MR) is 161 cm³/mol. The van der Waals surface area contributed by atoms with E-state index >= 15 is 0 Å². The number of hydrogen-bond donors (Lipinski definition) is 2. The molecule has 0 saturated carbocycles. The van der Waals surface area contributed by atoms with Crippen molar-refractivity contribution in [1.82, 2.24) is 19.9 Å². The van der Waals surface area contributed by atoms with E-state index in [1.54, 1.807) is 19.4 Å². The van der Waals surface area contributed by atoms with Gasteiger partial charge in [0.15, 0.2) is 0 Å². The Labute approximate surface area is 240 Å². The Kier molecular flexibility index (Phi) is 8.05.